The summed E-state index contributed by atoms with van der Waals surface area (Å²) in [4.78, 5) is 10.5. The van der Waals surface area contributed by atoms with Crippen molar-refractivity contribution in [3.63, 3.8) is 0 Å². The lowest BCUT2D eigenvalue weighted by Crippen LogP contribution is -1.94. The van der Waals surface area contributed by atoms with Gasteiger partial charge in [-0.05, 0) is 17.7 Å². The molecule has 0 aliphatic heterocycles. The lowest BCUT2D eigenvalue weighted by molar-refractivity contribution is 0.0697. The number of rotatable bonds is 3. The predicted molar refractivity (Wildman–Crippen MR) is 56.2 cm³/mol. The summed E-state index contributed by atoms with van der Waals surface area (Å²) >= 11 is 3.26. The molecule has 0 aliphatic rings. The molecule has 3 heteroatoms. The number of aromatic carboxylic acids is 1. The van der Waals surface area contributed by atoms with Crippen molar-refractivity contribution in [3.8, 4) is 0 Å². The Labute approximate surface area is 85.0 Å². The van der Waals surface area contributed by atoms with Crippen molar-refractivity contribution >= 4 is 28.0 Å². The van der Waals surface area contributed by atoms with Gasteiger partial charge in [-0.2, -0.15) is 0 Å². The number of halogens is 1. The van der Waals surface area contributed by atoms with Gasteiger partial charge >= 0.3 is 5.97 Å². The van der Waals surface area contributed by atoms with E-state index in [1.54, 1.807) is 24.3 Å². The first-order chi connectivity index (χ1) is 6.24. The van der Waals surface area contributed by atoms with E-state index in [9.17, 15) is 4.79 Å². The Morgan fingerprint density at radius 1 is 1.38 bits per heavy atom. The van der Waals surface area contributed by atoms with E-state index in [0.29, 0.717) is 5.56 Å². The van der Waals surface area contributed by atoms with Gasteiger partial charge in [0.25, 0.3) is 0 Å². The summed E-state index contributed by atoms with van der Waals surface area (Å²) in [6.45, 7) is 0. The molecule has 0 heterocycles. The molecule has 0 saturated heterocycles. The minimum atomic E-state index is -0.893. The van der Waals surface area contributed by atoms with Crippen LogP contribution in [0, 0.1) is 0 Å². The van der Waals surface area contributed by atoms with Gasteiger partial charge in [-0.15, -0.1) is 0 Å². The lowest BCUT2D eigenvalue weighted by Gasteiger charge is -1.94. The Hall–Kier alpha value is -1.09. The Bertz CT molecular complexity index is 314. The summed E-state index contributed by atoms with van der Waals surface area (Å²) < 4.78 is 0. The molecule has 0 unspecified atom stereocenters. The number of hydrogen-bond acceptors (Lipinski definition) is 1. The van der Waals surface area contributed by atoms with E-state index in [2.05, 4.69) is 15.9 Å². The third-order valence-corrected chi connectivity index (χ3v) is 1.93. The Morgan fingerprint density at radius 3 is 2.46 bits per heavy atom. The average molecular weight is 241 g/mol. The van der Waals surface area contributed by atoms with Crippen molar-refractivity contribution in [3.05, 3.63) is 41.5 Å². The first-order valence-electron chi connectivity index (χ1n) is 3.80. The van der Waals surface area contributed by atoms with Crippen molar-refractivity contribution in [2.45, 2.75) is 0 Å². The Morgan fingerprint density at radius 2 is 2.00 bits per heavy atom. The van der Waals surface area contributed by atoms with E-state index in [1.807, 2.05) is 12.2 Å². The molecule has 0 bridgehead atoms. The van der Waals surface area contributed by atoms with Gasteiger partial charge < -0.3 is 5.11 Å². The van der Waals surface area contributed by atoms with Gasteiger partial charge in [-0.1, -0.05) is 40.2 Å². The number of hydrogen-bond donors (Lipinski definition) is 1. The van der Waals surface area contributed by atoms with Crippen molar-refractivity contribution in [1.29, 1.82) is 0 Å². The first kappa shape index (κ1) is 9.99. The summed E-state index contributed by atoms with van der Waals surface area (Å²) in [5, 5.41) is 9.43. The molecular weight excluding hydrogens is 232 g/mol. The summed E-state index contributed by atoms with van der Waals surface area (Å²) in [6.07, 6.45) is 3.89. The topological polar surface area (TPSA) is 37.3 Å². The predicted octanol–water partition coefficient (Wildman–Crippen LogP) is 2.79. The minimum absolute atomic E-state index is 0.316. The number of carbonyl (C=O) groups is 1. The van der Waals surface area contributed by atoms with Gasteiger partial charge in [0.15, 0.2) is 0 Å². The van der Waals surface area contributed by atoms with Crippen LogP contribution in [0.25, 0.3) is 6.08 Å². The van der Waals surface area contributed by atoms with Crippen LogP contribution in [0.15, 0.2) is 30.3 Å². The van der Waals surface area contributed by atoms with Crippen LogP contribution in [0.1, 0.15) is 15.9 Å². The molecule has 1 aromatic carbocycles. The molecule has 0 saturated carbocycles. The van der Waals surface area contributed by atoms with E-state index in [0.717, 1.165) is 10.9 Å². The van der Waals surface area contributed by atoms with E-state index >= 15 is 0 Å². The standard InChI is InChI=1S/C10H9BrO2/c11-7-1-2-8-3-5-9(6-4-8)10(12)13/h1-6H,7H2,(H,12,13). The van der Waals surface area contributed by atoms with Crippen LogP contribution in [-0.4, -0.2) is 16.4 Å². The highest BCUT2D eigenvalue weighted by Crippen LogP contribution is 2.06. The van der Waals surface area contributed by atoms with Crippen LogP contribution in [0.5, 0.6) is 0 Å². The largest absolute Gasteiger partial charge is 0.478 e. The zero-order valence-corrected chi connectivity index (χ0v) is 8.49. The molecular formula is C10H9BrO2. The van der Waals surface area contributed by atoms with Crippen molar-refractivity contribution < 1.29 is 9.90 Å². The summed E-state index contributed by atoms with van der Waals surface area (Å²) in [5.41, 5.74) is 1.32. The lowest BCUT2D eigenvalue weighted by atomic mass is 10.1. The second-order valence-corrected chi connectivity index (χ2v) is 3.13. The molecule has 0 fully saturated rings. The number of benzene rings is 1. The second kappa shape index (κ2) is 4.82. The molecule has 2 nitrogen and oxygen atoms in total. The Kier molecular flexibility index (Phi) is 3.71. The third-order valence-electron chi connectivity index (χ3n) is 1.56. The molecule has 0 aromatic heterocycles. The van der Waals surface area contributed by atoms with Crippen LogP contribution >= 0.6 is 15.9 Å². The van der Waals surface area contributed by atoms with Crippen LogP contribution in [0.2, 0.25) is 0 Å². The fourth-order valence-electron chi connectivity index (χ4n) is 0.917. The summed E-state index contributed by atoms with van der Waals surface area (Å²) in [6, 6.07) is 6.75. The van der Waals surface area contributed by atoms with Crippen LogP contribution in [-0.2, 0) is 0 Å². The number of alkyl halides is 1. The van der Waals surface area contributed by atoms with Gasteiger partial charge in [0, 0.05) is 5.33 Å². The normalized spacial score (nSPS) is 10.5. The van der Waals surface area contributed by atoms with Crippen molar-refractivity contribution in [2.75, 3.05) is 5.33 Å². The zero-order chi connectivity index (χ0) is 9.68. The molecule has 0 amide bonds. The van der Waals surface area contributed by atoms with Crippen LogP contribution in [0.3, 0.4) is 0 Å². The molecule has 68 valence electrons. The molecule has 13 heavy (non-hydrogen) atoms. The smallest absolute Gasteiger partial charge is 0.335 e. The molecule has 0 radical (unpaired) electrons. The van der Waals surface area contributed by atoms with Gasteiger partial charge in [0.2, 0.25) is 0 Å². The van der Waals surface area contributed by atoms with Gasteiger partial charge in [-0.3, -0.25) is 0 Å². The second-order valence-electron chi connectivity index (χ2n) is 2.48. The highest BCUT2D eigenvalue weighted by molar-refractivity contribution is 9.09. The maximum absolute atomic E-state index is 10.5. The highest BCUT2D eigenvalue weighted by Gasteiger charge is 1.99. The van der Waals surface area contributed by atoms with Crippen molar-refractivity contribution in [2.24, 2.45) is 0 Å². The third kappa shape index (κ3) is 3.03. The fraction of sp³-hybridized carbons (Fsp3) is 0.100. The minimum Gasteiger partial charge on any atom is -0.478 e. The fourth-order valence-corrected chi connectivity index (χ4v) is 1.10. The molecule has 0 aliphatic carbocycles. The maximum atomic E-state index is 10.5. The van der Waals surface area contributed by atoms with E-state index in [4.69, 9.17) is 5.11 Å². The number of carboxylic acids is 1. The van der Waals surface area contributed by atoms with Crippen LogP contribution < -0.4 is 0 Å². The SMILES string of the molecule is O=C(O)c1ccc(C=CCBr)cc1. The highest BCUT2D eigenvalue weighted by atomic mass is 79.9. The number of allylic oxidation sites excluding steroid dienone is 1. The maximum Gasteiger partial charge on any atom is 0.335 e. The summed E-state index contributed by atoms with van der Waals surface area (Å²) in [5.74, 6) is -0.893. The molecule has 1 aromatic rings. The summed E-state index contributed by atoms with van der Waals surface area (Å²) in [7, 11) is 0. The van der Waals surface area contributed by atoms with Crippen LogP contribution in [0.4, 0.5) is 0 Å². The van der Waals surface area contributed by atoms with Gasteiger partial charge in [-0.25, -0.2) is 4.79 Å². The number of carboxylic acid groups (broad SMARTS) is 1. The molecule has 0 spiro atoms. The van der Waals surface area contributed by atoms with E-state index in [1.165, 1.54) is 0 Å². The zero-order valence-electron chi connectivity index (χ0n) is 6.90. The molecule has 1 rings (SSSR count). The first-order valence-corrected chi connectivity index (χ1v) is 4.92. The van der Waals surface area contributed by atoms with Gasteiger partial charge in [0.1, 0.15) is 0 Å². The quantitative estimate of drug-likeness (QED) is 0.826. The average Bonchev–Trinajstić information content (AvgIpc) is 2.15. The monoisotopic (exact) mass is 240 g/mol. The van der Waals surface area contributed by atoms with E-state index < -0.39 is 5.97 Å². The molecule has 0 atom stereocenters. The molecule has 1 N–H and O–H groups in total. The van der Waals surface area contributed by atoms with E-state index in [-0.39, 0.29) is 0 Å². The Balaban J connectivity index is 2.81. The van der Waals surface area contributed by atoms with Crippen molar-refractivity contribution in [1.82, 2.24) is 0 Å². The van der Waals surface area contributed by atoms with Gasteiger partial charge in [0.05, 0.1) is 5.56 Å².